The minimum atomic E-state index is 0.346. The van der Waals surface area contributed by atoms with E-state index in [4.69, 9.17) is 0 Å². The van der Waals surface area contributed by atoms with Crippen LogP contribution in [0.2, 0.25) is 0 Å². The molecular weight excluding hydrogens is 234 g/mol. The topological polar surface area (TPSA) is 20.3 Å². The van der Waals surface area contributed by atoms with Crippen LogP contribution in [0, 0.1) is 5.92 Å². The van der Waals surface area contributed by atoms with Crippen molar-refractivity contribution in [1.29, 1.82) is 0 Å². The van der Waals surface area contributed by atoms with Gasteiger partial charge in [-0.15, -0.1) is 0 Å². The molecule has 1 fully saturated rings. The molecule has 0 unspecified atom stereocenters. The number of carbonyl (C=O) groups excluding carboxylic acids is 1. The molecule has 0 atom stereocenters. The fourth-order valence-corrected chi connectivity index (χ4v) is 3.08. The highest BCUT2D eigenvalue weighted by atomic mass is 16.2. The van der Waals surface area contributed by atoms with Gasteiger partial charge in [0.25, 0.3) is 0 Å². The minimum Gasteiger partial charge on any atom is -0.346 e. The Kier molecular flexibility index (Phi) is 8.94. The van der Waals surface area contributed by atoms with Crippen molar-refractivity contribution in [2.75, 3.05) is 13.6 Å². The summed E-state index contributed by atoms with van der Waals surface area (Å²) in [6, 6.07) is 0. The molecule has 0 aromatic carbocycles. The number of nitrogens with zero attached hydrogens (tertiary/aromatic N) is 1. The Morgan fingerprint density at radius 1 is 0.947 bits per heavy atom. The number of amides is 1. The van der Waals surface area contributed by atoms with E-state index in [2.05, 4.69) is 6.92 Å². The molecule has 0 N–H and O–H groups in total. The van der Waals surface area contributed by atoms with Gasteiger partial charge in [0.2, 0.25) is 5.91 Å². The van der Waals surface area contributed by atoms with E-state index >= 15 is 0 Å². The van der Waals surface area contributed by atoms with Gasteiger partial charge in [-0.1, -0.05) is 64.7 Å². The average Bonchev–Trinajstić information content (AvgIpc) is 2.94. The van der Waals surface area contributed by atoms with Gasteiger partial charge in [0.05, 0.1) is 0 Å². The lowest BCUT2D eigenvalue weighted by Crippen LogP contribution is -2.32. The molecule has 1 saturated carbocycles. The van der Waals surface area contributed by atoms with Gasteiger partial charge in [-0.05, 0) is 19.3 Å². The fourth-order valence-electron chi connectivity index (χ4n) is 3.08. The Morgan fingerprint density at radius 2 is 1.47 bits per heavy atom. The van der Waals surface area contributed by atoms with Crippen molar-refractivity contribution in [3.05, 3.63) is 0 Å². The van der Waals surface area contributed by atoms with E-state index in [0.29, 0.717) is 11.8 Å². The highest BCUT2D eigenvalue weighted by Crippen LogP contribution is 2.26. The van der Waals surface area contributed by atoms with Crippen LogP contribution < -0.4 is 0 Å². The standard InChI is InChI=1S/C17H33NO/c1-3-4-5-6-7-8-9-12-15-18(2)17(19)16-13-10-11-14-16/h16H,3-15H2,1-2H3. The van der Waals surface area contributed by atoms with Crippen LogP contribution in [0.25, 0.3) is 0 Å². The average molecular weight is 267 g/mol. The first-order valence-electron chi connectivity index (χ1n) is 8.50. The molecule has 1 aliphatic carbocycles. The summed E-state index contributed by atoms with van der Waals surface area (Å²) in [5.41, 5.74) is 0. The van der Waals surface area contributed by atoms with Gasteiger partial charge < -0.3 is 4.90 Å². The molecule has 1 rings (SSSR count). The summed E-state index contributed by atoms with van der Waals surface area (Å²) < 4.78 is 0. The Balaban J connectivity index is 1.94. The molecule has 0 radical (unpaired) electrons. The van der Waals surface area contributed by atoms with Crippen LogP contribution in [-0.4, -0.2) is 24.4 Å². The summed E-state index contributed by atoms with van der Waals surface area (Å²) in [6.45, 7) is 3.22. The molecule has 0 aliphatic heterocycles. The smallest absolute Gasteiger partial charge is 0.225 e. The Morgan fingerprint density at radius 3 is 2.05 bits per heavy atom. The van der Waals surface area contributed by atoms with Crippen LogP contribution in [0.1, 0.15) is 84.0 Å². The van der Waals surface area contributed by atoms with Gasteiger partial charge in [-0.2, -0.15) is 0 Å². The molecule has 2 heteroatoms. The molecule has 2 nitrogen and oxygen atoms in total. The summed E-state index contributed by atoms with van der Waals surface area (Å²) in [5, 5.41) is 0. The number of rotatable bonds is 10. The van der Waals surface area contributed by atoms with Gasteiger partial charge in [0, 0.05) is 19.5 Å². The molecule has 112 valence electrons. The second-order valence-corrected chi connectivity index (χ2v) is 6.22. The summed E-state index contributed by atoms with van der Waals surface area (Å²) in [6.07, 6.45) is 15.5. The van der Waals surface area contributed by atoms with E-state index in [1.54, 1.807) is 0 Å². The maximum Gasteiger partial charge on any atom is 0.225 e. The maximum absolute atomic E-state index is 12.1. The molecule has 1 aliphatic rings. The fraction of sp³-hybridized carbons (Fsp3) is 0.941. The second kappa shape index (κ2) is 10.3. The molecule has 0 heterocycles. The van der Waals surface area contributed by atoms with E-state index < -0.39 is 0 Å². The highest BCUT2D eigenvalue weighted by molar-refractivity contribution is 5.78. The van der Waals surface area contributed by atoms with E-state index in [1.807, 2.05) is 11.9 Å². The quantitative estimate of drug-likeness (QED) is 0.522. The van der Waals surface area contributed by atoms with Gasteiger partial charge in [0.15, 0.2) is 0 Å². The third kappa shape index (κ3) is 6.98. The van der Waals surface area contributed by atoms with Crippen LogP contribution in [0.3, 0.4) is 0 Å². The molecule has 0 saturated heterocycles. The van der Waals surface area contributed by atoms with Crippen molar-refractivity contribution in [2.45, 2.75) is 84.0 Å². The molecule has 19 heavy (non-hydrogen) atoms. The predicted molar refractivity (Wildman–Crippen MR) is 82.2 cm³/mol. The van der Waals surface area contributed by atoms with Crippen LogP contribution in [0.15, 0.2) is 0 Å². The first-order valence-corrected chi connectivity index (χ1v) is 8.50. The number of hydrogen-bond acceptors (Lipinski definition) is 1. The van der Waals surface area contributed by atoms with Gasteiger partial charge in [-0.3, -0.25) is 4.79 Å². The monoisotopic (exact) mass is 267 g/mol. The van der Waals surface area contributed by atoms with Crippen LogP contribution in [0.4, 0.5) is 0 Å². The zero-order valence-corrected chi connectivity index (χ0v) is 13.1. The van der Waals surface area contributed by atoms with Crippen molar-refractivity contribution in [3.8, 4) is 0 Å². The van der Waals surface area contributed by atoms with Crippen molar-refractivity contribution in [2.24, 2.45) is 5.92 Å². The third-order valence-electron chi connectivity index (χ3n) is 4.43. The van der Waals surface area contributed by atoms with Crippen molar-refractivity contribution >= 4 is 5.91 Å². The van der Waals surface area contributed by atoms with Crippen LogP contribution in [-0.2, 0) is 4.79 Å². The summed E-state index contributed by atoms with van der Waals surface area (Å²) >= 11 is 0. The summed E-state index contributed by atoms with van der Waals surface area (Å²) in [5.74, 6) is 0.750. The van der Waals surface area contributed by atoms with E-state index in [9.17, 15) is 4.79 Å². The van der Waals surface area contributed by atoms with Gasteiger partial charge >= 0.3 is 0 Å². The lowest BCUT2D eigenvalue weighted by molar-refractivity contribution is -0.134. The first-order chi connectivity index (χ1) is 9.25. The Bertz CT molecular complexity index is 233. The Labute approximate surface area is 119 Å². The molecule has 0 bridgehead atoms. The number of hydrogen-bond donors (Lipinski definition) is 0. The molecular formula is C17H33NO. The largest absolute Gasteiger partial charge is 0.346 e. The first kappa shape index (κ1) is 16.5. The van der Waals surface area contributed by atoms with Gasteiger partial charge in [-0.25, -0.2) is 0 Å². The third-order valence-corrected chi connectivity index (χ3v) is 4.43. The lowest BCUT2D eigenvalue weighted by atomic mass is 10.1. The summed E-state index contributed by atoms with van der Waals surface area (Å²) in [4.78, 5) is 14.1. The van der Waals surface area contributed by atoms with Crippen LogP contribution in [0.5, 0.6) is 0 Å². The summed E-state index contributed by atoms with van der Waals surface area (Å²) in [7, 11) is 1.99. The highest BCUT2D eigenvalue weighted by Gasteiger charge is 2.24. The van der Waals surface area contributed by atoms with E-state index in [1.165, 1.54) is 64.2 Å². The lowest BCUT2D eigenvalue weighted by Gasteiger charge is -2.20. The van der Waals surface area contributed by atoms with Crippen molar-refractivity contribution in [3.63, 3.8) is 0 Å². The van der Waals surface area contributed by atoms with Crippen molar-refractivity contribution < 1.29 is 4.79 Å². The predicted octanol–water partition coefficient (Wildman–Crippen LogP) is 4.78. The number of carbonyl (C=O) groups is 1. The van der Waals surface area contributed by atoms with E-state index in [-0.39, 0.29) is 0 Å². The second-order valence-electron chi connectivity index (χ2n) is 6.22. The Hall–Kier alpha value is -0.530. The van der Waals surface area contributed by atoms with Crippen molar-refractivity contribution in [1.82, 2.24) is 4.90 Å². The molecule has 0 aromatic heterocycles. The zero-order valence-electron chi connectivity index (χ0n) is 13.1. The van der Waals surface area contributed by atoms with E-state index in [0.717, 1.165) is 19.4 Å². The SMILES string of the molecule is CCCCCCCCCCN(C)C(=O)C1CCCC1. The van der Waals surface area contributed by atoms with Gasteiger partial charge in [0.1, 0.15) is 0 Å². The maximum atomic E-state index is 12.1. The number of unbranched alkanes of at least 4 members (excludes halogenated alkanes) is 7. The zero-order chi connectivity index (χ0) is 13.9. The van der Waals surface area contributed by atoms with Crippen LogP contribution >= 0.6 is 0 Å². The molecule has 0 spiro atoms. The normalized spacial score (nSPS) is 15.9. The molecule has 0 aromatic rings. The molecule has 1 amide bonds. The minimum absolute atomic E-state index is 0.346.